The Labute approximate surface area is 114 Å². The number of hydrogen-bond donors (Lipinski definition) is 1. The van der Waals surface area contributed by atoms with Crippen LogP contribution in [0.4, 0.5) is 0 Å². The maximum atomic E-state index is 12.3. The van der Waals surface area contributed by atoms with Crippen molar-refractivity contribution in [1.29, 1.82) is 0 Å². The predicted molar refractivity (Wildman–Crippen MR) is 74.1 cm³/mol. The Morgan fingerprint density at radius 1 is 1.21 bits per heavy atom. The lowest BCUT2D eigenvalue weighted by molar-refractivity contribution is 0.0209. The number of hydrogen-bond acceptors (Lipinski definition) is 3. The molecule has 0 unspecified atom stereocenters. The number of nitrogens with one attached hydrogen (secondary N) is 1. The first-order valence-electron chi connectivity index (χ1n) is 7.37. The van der Waals surface area contributed by atoms with Gasteiger partial charge < -0.3 is 10.1 Å². The van der Waals surface area contributed by atoms with Gasteiger partial charge in [0.05, 0.1) is 5.56 Å². The monoisotopic (exact) mass is 259 g/mol. The van der Waals surface area contributed by atoms with Crippen LogP contribution in [0, 0.1) is 0 Å². The fourth-order valence-corrected chi connectivity index (χ4v) is 3.12. The number of carbonyl (C=O) groups is 1. The van der Waals surface area contributed by atoms with E-state index in [1.165, 1.54) is 30.4 Å². The first kappa shape index (κ1) is 12.7. The zero-order valence-electron chi connectivity index (χ0n) is 11.3. The quantitative estimate of drug-likeness (QED) is 0.830. The van der Waals surface area contributed by atoms with Gasteiger partial charge in [0.25, 0.3) is 0 Å². The van der Waals surface area contributed by atoms with Gasteiger partial charge in [0.2, 0.25) is 0 Å². The van der Waals surface area contributed by atoms with Crippen LogP contribution in [0.2, 0.25) is 0 Å². The summed E-state index contributed by atoms with van der Waals surface area (Å²) in [5.74, 6) is -0.120. The second-order valence-electron chi connectivity index (χ2n) is 5.54. The molecule has 0 amide bonds. The van der Waals surface area contributed by atoms with Gasteiger partial charge in [-0.2, -0.15) is 0 Å². The number of benzene rings is 1. The molecule has 2 aliphatic rings. The van der Waals surface area contributed by atoms with Gasteiger partial charge in [0.1, 0.15) is 6.10 Å². The van der Waals surface area contributed by atoms with Crippen LogP contribution < -0.4 is 5.32 Å². The van der Waals surface area contributed by atoms with Crippen molar-refractivity contribution in [3.8, 4) is 0 Å². The molecule has 1 N–H and O–H groups in total. The lowest BCUT2D eigenvalue weighted by Crippen LogP contribution is -2.27. The smallest absolute Gasteiger partial charge is 0.338 e. The number of carbonyl (C=O) groups excluding carboxylic acids is 1. The molecule has 3 heteroatoms. The Bertz CT molecular complexity index is 464. The number of ether oxygens (including phenoxy) is 1. The molecule has 1 fully saturated rings. The molecule has 0 bridgehead atoms. The molecule has 0 atom stereocenters. The van der Waals surface area contributed by atoms with E-state index in [1.807, 2.05) is 12.1 Å². The van der Waals surface area contributed by atoms with E-state index in [-0.39, 0.29) is 12.1 Å². The molecule has 0 saturated heterocycles. The van der Waals surface area contributed by atoms with E-state index in [1.54, 1.807) is 0 Å². The molecule has 3 nitrogen and oxygen atoms in total. The fraction of sp³-hybridized carbons (Fsp3) is 0.562. The van der Waals surface area contributed by atoms with Gasteiger partial charge in [-0.1, -0.05) is 18.6 Å². The summed E-state index contributed by atoms with van der Waals surface area (Å²) in [5.41, 5.74) is 3.20. The van der Waals surface area contributed by atoms with E-state index in [0.717, 1.165) is 37.9 Å². The lowest BCUT2D eigenvalue weighted by atomic mass is 9.95. The molecule has 0 aromatic heterocycles. The third-order valence-electron chi connectivity index (χ3n) is 4.19. The maximum Gasteiger partial charge on any atom is 0.338 e. The number of fused-ring (bicyclic) bond motifs is 1. The highest BCUT2D eigenvalue weighted by Crippen LogP contribution is 2.24. The van der Waals surface area contributed by atoms with Gasteiger partial charge in [-0.25, -0.2) is 4.79 Å². The summed E-state index contributed by atoms with van der Waals surface area (Å²) in [6.07, 6.45) is 6.78. The Hall–Kier alpha value is -1.35. The first-order valence-corrected chi connectivity index (χ1v) is 7.37. The second kappa shape index (κ2) is 5.74. The van der Waals surface area contributed by atoms with E-state index in [0.29, 0.717) is 0 Å². The zero-order chi connectivity index (χ0) is 13.1. The summed E-state index contributed by atoms with van der Waals surface area (Å²) in [6.45, 7) is 1.81. The Morgan fingerprint density at radius 2 is 2.05 bits per heavy atom. The molecule has 1 heterocycles. The zero-order valence-corrected chi connectivity index (χ0v) is 11.3. The van der Waals surface area contributed by atoms with Crippen LogP contribution in [0.1, 0.15) is 53.6 Å². The van der Waals surface area contributed by atoms with Crippen molar-refractivity contribution in [3.63, 3.8) is 0 Å². The van der Waals surface area contributed by atoms with Crippen molar-refractivity contribution in [1.82, 2.24) is 5.32 Å². The van der Waals surface area contributed by atoms with Crippen LogP contribution in [0.3, 0.4) is 0 Å². The van der Waals surface area contributed by atoms with E-state index in [9.17, 15) is 4.79 Å². The summed E-state index contributed by atoms with van der Waals surface area (Å²) in [6, 6.07) is 5.97. The largest absolute Gasteiger partial charge is 0.459 e. The first-order chi connectivity index (χ1) is 9.34. The van der Waals surface area contributed by atoms with Gasteiger partial charge in [0.15, 0.2) is 0 Å². The minimum absolute atomic E-state index is 0.120. The molecule has 3 rings (SSSR count). The molecule has 1 aliphatic carbocycles. The SMILES string of the molecule is O=C(OC1CCCCC1)c1cccc2c1CCNC2. The van der Waals surface area contributed by atoms with Gasteiger partial charge in [-0.15, -0.1) is 0 Å². The average molecular weight is 259 g/mol. The third kappa shape index (κ3) is 2.81. The van der Waals surface area contributed by atoms with Crippen molar-refractivity contribution in [2.45, 2.75) is 51.2 Å². The maximum absolute atomic E-state index is 12.3. The molecule has 1 aliphatic heterocycles. The van der Waals surface area contributed by atoms with Crippen molar-refractivity contribution in [2.75, 3.05) is 6.54 Å². The van der Waals surface area contributed by atoms with E-state index >= 15 is 0 Å². The Balaban J connectivity index is 1.75. The summed E-state index contributed by atoms with van der Waals surface area (Å²) in [4.78, 5) is 12.3. The molecular weight excluding hydrogens is 238 g/mol. The summed E-state index contributed by atoms with van der Waals surface area (Å²) < 4.78 is 5.68. The van der Waals surface area contributed by atoms with Crippen LogP contribution in [0.5, 0.6) is 0 Å². The lowest BCUT2D eigenvalue weighted by Gasteiger charge is -2.24. The predicted octanol–water partition coefficient (Wildman–Crippen LogP) is 2.82. The summed E-state index contributed by atoms with van der Waals surface area (Å²) in [7, 11) is 0. The van der Waals surface area contributed by atoms with E-state index < -0.39 is 0 Å². The highest BCUT2D eigenvalue weighted by atomic mass is 16.5. The van der Waals surface area contributed by atoms with Crippen LogP contribution in [0.25, 0.3) is 0 Å². The van der Waals surface area contributed by atoms with Crippen molar-refractivity contribution >= 4 is 5.97 Å². The van der Waals surface area contributed by atoms with Gasteiger partial charge in [-0.05, 0) is 55.8 Å². The van der Waals surface area contributed by atoms with Gasteiger partial charge in [-0.3, -0.25) is 0 Å². The van der Waals surface area contributed by atoms with Crippen molar-refractivity contribution < 1.29 is 9.53 Å². The second-order valence-corrected chi connectivity index (χ2v) is 5.54. The molecular formula is C16H21NO2. The van der Waals surface area contributed by atoms with Crippen LogP contribution in [-0.2, 0) is 17.7 Å². The summed E-state index contributed by atoms with van der Waals surface area (Å²) >= 11 is 0. The van der Waals surface area contributed by atoms with Crippen molar-refractivity contribution in [2.24, 2.45) is 0 Å². The van der Waals surface area contributed by atoms with E-state index in [4.69, 9.17) is 4.74 Å². The van der Waals surface area contributed by atoms with Gasteiger partial charge >= 0.3 is 5.97 Å². The van der Waals surface area contributed by atoms with Crippen LogP contribution in [0.15, 0.2) is 18.2 Å². The molecule has 19 heavy (non-hydrogen) atoms. The summed E-state index contributed by atoms with van der Waals surface area (Å²) in [5, 5.41) is 3.34. The normalized spacial score (nSPS) is 19.8. The average Bonchev–Trinajstić information content (AvgIpc) is 2.47. The highest BCUT2D eigenvalue weighted by molar-refractivity contribution is 5.91. The minimum atomic E-state index is -0.120. The molecule has 1 saturated carbocycles. The molecule has 1 aromatic rings. The Morgan fingerprint density at radius 3 is 2.89 bits per heavy atom. The number of esters is 1. The van der Waals surface area contributed by atoms with Gasteiger partial charge in [0, 0.05) is 6.54 Å². The molecule has 0 spiro atoms. The van der Waals surface area contributed by atoms with Crippen molar-refractivity contribution in [3.05, 3.63) is 34.9 Å². The molecule has 1 aromatic carbocycles. The van der Waals surface area contributed by atoms with Crippen LogP contribution >= 0.6 is 0 Å². The Kier molecular flexibility index (Phi) is 3.83. The standard InChI is InChI=1S/C16H21NO2/c18-16(19-13-6-2-1-3-7-13)15-8-4-5-12-11-17-10-9-14(12)15/h4-5,8,13,17H,1-3,6-7,9-11H2. The third-order valence-corrected chi connectivity index (χ3v) is 4.19. The fourth-order valence-electron chi connectivity index (χ4n) is 3.12. The molecule has 0 radical (unpaired) electrons. The highest BCUT2D eigenvalue weighted by Gasteiger charge is 2.22. The number of rotatable bonds is 2. The van der Waals surface area contributed by atoms with Crippen LogP contribution in [-0.4, -0.2) is 18.6 Å². The van der Waals surface area contributed by atoms with E-state index in [2.05, 4.69) is 11.4 Å². The topological polar surface area (TPSA) is 38.3 Å². The molecule has 102 valence electrons. The minimum Gasteiger partial charge on any atom is -0.459 e.